The average molecular weight is 439 g/mol. The summed E-state index contributed by atoms with van der Waals surface area (Å²) in [7, 11) is 0. The van der Waals surface area contributed by atoms with E-state index < -0.39 is 23.9 Å². The first-order valence-corrected chi connectivity index (χ1v) is 11.0. The van der Waals surface area contributed by atoms with Crippen molar-refractivity contribution in [3.8, 4) is 0 Å². The Bertz CT molecular complexity index is 650. The predicted molar refractivity (Wildman–Crippen MR) is 113 cm³/mol. The second kappa shape index (κ2) is 13.1. The molecular formula is C21H34N4O6. The molecule has 10 heteroatoms. The Kier molecular flexibility index (Phi) is 10.5. The first-order valence-electron chi connectivity index (χ1n) is 11.0. The zero-order valence-corrected chi connectivity index (χ0v) is 18.0. The zero-order chi connectivity index (χ0) is 22.6. The van der Waals surface area contributed by atoms with Crippen molar-refractivity contribution < 1.29 is 29.0 Å². The third-order valence-corrected chi connectivity index (χ3v) is 5.68. The van der Waals surface area contributed by atoms with Crippen LogP contribution in [-0.4, -0.2) is 78.2 Å². The molecule has 0 aromatic carbocycles. The third-order valence-electron chi connectivity index (χ3n) is 5.68. The van der Waals surface area contributed by atoms with E-state index in [0.717, 1.165) is 37.4 Å². The Morgan fingerprint density at radius 1 is 1.19 bits per heavy atom. The van der Waals surface area contributed by atoms with E-state index in [1.165, 1.54) is 6.08 Å². The van der Waals surface area contributed by atoms with Crippen molar-refractivity contribution in [2.45, 2.75) is 44.9 Å². The number of nitrogens with zero attached hydrogens (tertiary/aromatic N) is 2. The molecular weight excluding hydrogens is 404 g/mol. The van der Waals surface area contributed by atoms with Crippen LogP contribution in [0.3, 0.4) is 0 Å². The minimum absolute atomic E-state index is 0.0376. The van der Waals surface area contributed by atoms with Crippen LogP contribution in [0.5, 0.6) is 0 Å². The van der Waals surface area contributed by atoms with Gasteiger partial charge in [0, 0.05) is 26.1 Å². The lowest BCUT2D eigenvalue weighted by Crippen LogP contribution is -2.53. The van der Waals surface area contributed by atoms with Crippen molar-refractivity contribution in [2.24, 2.45) is 11.8 Å². The number of hydrazine groups is 1. The summed E-state index contributed by atoms with van der Waals surface area (Å²) in [6.45, 7) is 6.12. The third kappa shape index (κ3) is 8.29. The molecule has 0 spiro atoms. The largest absolute Gasteiger partial charge is 0.481 e. The molecule has 0 aromatic rings. The number of carbonyl (C=O) groups is 4. The normalized spacial score (nSPS) is 19.5. The molecule has 0 aliphatic carbocycles. The summed E-state index contributed by atoms with van der Waals surface area (Å²) in [5.74, 6) is -1.53. The van der Waals surface area contributed by atoms with Crippen molar-refractivity contribution in [3.63, 3.8) is 0 Å². The van der Waals surface area contributed by atoms with Gasteiger partial charge in [-0.15, -0.1) is 0 Å². The van der Waals surface area contributed by atoms with E-state index in [1.54, 1.807) is 4.90 Å². The van der Waals surface area contributed by atoms with E-state index in [2.05, 4.69) is 17.3 Å². The lowest BCUT2D eigenvalue weighted by Gasteiger charge is -2.34. The van der Waals surface area contributed by atoms with Crippen molar-refractivity contribution in [1.82, 2.24) is 20.7 Å². The molecule has 3 amide bonds. The minimum Gasteiger partial charge on any atom is -0.481 e. The van der Waals surface area contributed by atoms with E-state index in [4.69, 9.17) is 9.84 Å². The van der Waals surface area contributed by atoms with Gasteiger partial charge in [0.1, 0.15) is 6.61 Å². The molecule has 1 atom stereocenters. The van der Waals surface area contributed by atoms with E-state index in [9.17, 15) is 19.2 Å². The molecule has 31 heavy (non-hydrogen) atoms. The van der Waals surface area contributed by atoms with Crippen molar-refractivity contribution in [3.05, 3.63) is 12.7 Å². The monoisotopic (exact) mass is 438 g/mol. The number of nitrogens with one attached hydrogen (secondary N) is 2. The summed E-state index contributed by atoms with van der Waals surface area (Å²) in [4.78, 5) is 50.5. The van der Waals surface area contributed by atoms with Crippen molar-refractivity contribution >= 4 is 23.9 Å². The van der Waals surface area contributed by atoms with Gasteiger partial charge in [-0.25, -0.2) is 10.2 Å². The standard InChI is InChI=1S/C21H34N4O6/c1-2-14-31-21(30)25(23-12-9-19(27)28)20(29)17-4-3-13-24(15-17)18(26)6-5-16-7-10-22-11-8-16/h2,16-17,22-23H,1,3-15H2,(H,27,28)/t17-/m1/s1. The van der Waals surface area contributed by atoms with E-state index in [-0.39, 0.29) is 32.0 Å². The van der Waals surface area contributed by atoms with Crippen molar-refractivity contribution in [1.29, 1.82) is 0 Å². The molecule has 0 unspecified atom stereocenters. The van der Waals surface area contributed by atoms with Gasteiger partial charge in [-0.2, -0.15) is 5.01 Å². The van der Waals surface area contributed by atoms with Gasteiger partial charge in [-0.1, -0.05) is 12.7 Å². The molecule has 2 aliphatic heterocycles. The van der Waals surface area contributed by atoms with Crippen LogP contribution in [0.15, 0.2) is 12.7 Å². The summed E-state index contributed by atoms with van der Waals surface area (Å²) in [6, 6.07) is 0. The first kappa shape index (κ1) is 24.8. The first-order chi connectivity index (χ1) is 14.9. The molecule has 10 nitrogen and oxygen atoms in total. The van der Waals surface area contributed by atoms with Crippen LogP contribution < -0.4 is 10.7 Å². The maximum Gasteiger partial charge on any atom is 0.431 e. The molecule has 3 N–H and O–H groups in total. The maximum atomic E-state index is 13.0. The fraction of sp³-hybridized carbons (Fsp3) is 0.714. The molecule has 2 heterocycles. The molecule has 2 fully saturated rings. The average Bonchev–Trinajstić information content (AvgIpc) is 2.79. The van der Waals surface area contributed by atoms with E-state index in [0.29, 0.717) is 31.7 Å². The highest BCUT2D eigenvalue weighted by Crippen LogP contribution is 2.22. The van der Waals surface area contributed by atoms with Crippen LogP contribution in [0.25, 0.3) is 0 Å². The lowest BCUT2D eigenvalue weighted by molar-refractivity contribution is -0.143. The molecule has 2 rings (SSSR count). The molecule has 2 saturated heterocycles. The van der Waals surface area contributed by atoms with Crippen LogP contribution in [0, 0.1) is 11.8 Å². The number of hydrogen-bond donors (Lipinski definition) is 3. The number of rotatable bonds is 10. The summed E-state index contributed by atoms with van der Waals surface area (Å²) in [6.07, 6.45) is 4.90. The number of likely N-dealkylation sites (tertiary alicyclic amines) is 1. The Labute approximate surface area is 182 Å². The highest BCUT2D eigenvalue weighted by molar-refractivity contribution is 5.93. The number of carbonyl (C=O) groups excluding carboxylic acids is 3. The van der Waals surface area contributed by atoms with E-state index >= 15 is 0 Å². The van der Waals surface area contributed by atoms with Crippen LogP contribution in [-0.2, 0) is 19.1 Å². The molecule has 0 aromatic heterocycles. The molecule has 0 bridgehead atoms. The topological polar surface area (TPSA) is 128 Å². The van der Waals surface area contributed by atoms with Crippen LogP contribution in [0.1, 0.15) is 44.9 Å². The fourth-order valence-electron chi connectivity index (χ4n) is 3.95. The molecule has 174 valence electrons. The van der Waals surface area contributed by atoms with Crippen LogP contribution in [0.4, 0.5) is 4.79 Å². The fourth-order valence-corrected chi connectivity index (χ4v) is 3.95. The van der Waals surface area contributed by atoms with Gasteiger partial charge in [0.25, 0.3) is 5.91 Å². The lowest BCUT2D eigenvalue weighted by atomic mass is 9.92. The summed E-state index contributed by atoms with van der Waals surface area (Å²) < 4.78 is 4.96. The number of amides is 3. The quantitative estimate of drug-likeness (QED) is 0.342. The Hall–Kier alpha value is -2.46. The predicted octanol–water partition coefficient (Wildman–Crippen LogP) is 1.14. The van der Waals surface area contributed by atoms with Crippen LogP contribution in [0.2, 0.25) is 0 Å². The summed E-state index contributed by atoms with van der Waals surface area (Å²) in [5, 5.41) is 12.9. The minimum atomic E-state index is -1.05. The number of hydrogen-bond acceptors (Lipinski definition) is 7. The zero-order valence-electron chi connectivity index (χ0n) is 18.0. The molecule has 0 saturated carbocycles. The number of ether oxygens (including phenoxy) is 1. The summed E-state index contributed by atoms with van der Waals surface area (Å²) in [5.41, 5.74) is 2.55. The number of carboxylic acids is 1. The smallest absolute Gasteiger partial charge is 0.431 e. The SMILES string of the molecule is C=CCOC(=O)N(NCCC(=O)O)C(=O)[C@@H]1CCCN(C(=O)CCC2CCNCC2)C1. The van der Waals surface area contributed by atoms with Gasteiger partial charge in [-0.3, -0.25) is 14.4 Å². The van der Waals surface area contributed by atoms with Gasteiger partial charge < -0.3 is 20.1 Å². The number of aliphatic carboxylic acids is 1. The summed E-state index contributed by atoms with van der Waals surface area (Å²) >= 11 is 0. The highest BCUT2D eigenvalue weighted by atomic mass is 16.6. The van der Waals surface area contributed by atoms with Gasteiger partial charge in [-0.05, 0) is 51.1 Å². The highest BCUT2D eigenvalue weighted by Gasteiger charge is 2.34. The van der Waals surface area contributed by atoms with E-state index in [1.807, 2.05) is 0 Å². The van der Waals surface area contributed by atoms with Gasteiger partial charge in [0.2, 0.25) is 5.91 Å². The Balaban J connectivity index is 1.92. The van der Waals surface area contributed by atoms with Gasteiger partial charge >= 0.3 is 12.1 Å². The molecule has 0 radical (unpaired) electrons. The van der Waals surface area contributed by atoms with Gasteiger partial charge in [0.05, 0.1) is 12.3 Å². The number of imide groups is 1. The maximum absolute atomic E-state index is 13.0. The second-order valence-electron chi connectivity index (χ2n) is 8.00. The number of carboxylic acid groups (broad SMARTS) is 1. The Morgan fingerprint density at radius 2 is 1.94 bits per heavy atom. The molecule has 2 aliphatic rings. The van der Waals surface area contributed by atoms with Gasteiger partial charge in [0.15, 0.2) is 0 Å². The van der Waals surface area contributed by atoms with Crippen molar-refractivity contribution in [2.75, 3.05) is 39.3 Å². The Morgan fingerprint density at radius 3 is 2.61 bits per heavy atom. The second-order valence-corrected chi connectivity index (χ2v) is 8.00. The van der Waals surface area contributed by atoms with Crippen LogP contribution >= 0.6 is 0 Å². The number of piperidine rings is 2.